The molecule has 1 atom stereocenters. The van der Waals surface area contributed by atoms with Gasteiger partial charge in [-0.2, -0.15) is 4.31 Å². The number of anilines is 1. The molecule has 1 aromatic carbocycles. The highest BCUT2D eigenvalue weighted by Crippen LogP contribution is 2.37. The summed E-state index contributed by atoms with van der Waals surface area (Å²) in [6.45, 7) is 5.63. The van der Waals surface area contributed by atoms with Gasteiger partial charge in [0.2, 0.25) is 10.0 Å². The number of nitrogens with one attached hydrogen (secondary N) is 1. The molecule has 2 amide bonds. The third-order valence-corrected chi connectivity index (χ3v) is 9.43. The van der Waals surface area contributed by atoms with Crippen LogP contribution in [-0.4, -0.2) is 68.8 Å². The SMILES string of the molecule is CCCN1CCc2c(sc(NC(=O)c3ccc(S(=O)(=O)N(C)CC4CCCO4)cc3)c2C(N)=O)C1. The number of primary amides is 1. The fourth-order valence-electron chi connectivity index (χ4n) is 4.62. The van der Waals surface area contributed by atoms with Gasteiger partial charge in [0, 0.05) is 43.7 Å². The Morgan fingerprint density at radius 1 is 1.29 bits per heavy atom. The van der Waals surface area contributed by atoms with Crippen LogP contribution in [-0.2, 0) is 27.7 Å². The van der Waals surface area contributed by atoms with Crippen molar-refractivity contribution in [3.05, 3.63) is 45.8 Å². The number of nitrogens with zero attached hydrogens (tertiary/aromatic N) is 2. The molecule has 2 aliphatic heterocycles. The van der Waals surface area contributed by atoms with Crippen LogP contribution in [0.5, 0.6) is 0 Å². The summed E-state index contributed by atoms with van der Waals surface area (Å²) in [5.74, 6) is -0.981. The van der Waals surface area contributed by atoms with Gasteiger partial charge >= 0.3 is 0 Å². The Hall–Kier alpha value is -2.31. The molecule has 0 aliphatic carbocycles. The lowest BCUT2D eigenvalue weighted by atomic mass is 10.0. The fourth-order valence-corrected chi connectivity index (χ4v) is 7.11. The first-order valence-corrected chi connectivity index (χ1v) is 14.1. The second-order valence-electron chi connectivity index (χ2n) is 9.00. The van der Waals surface area contributed by atoms with E-state index in [1.54, 1.807) is 0 Å². The van der Waals surface area contributed by atoms with Gasteiger partial charge in [-0.05, 0) is 62.1 Å². The van der Waals surface area contributed by atoms with E-state index in [0.29, 0.717) is 35.7 Å². The molecule has 3 heterocycles. The normalized spacial score (nSPS) is 18.5. The number of carbonyl (C=O) groups excluding carboxylic acids is 2. The van der Waals surface area contributed by atoms with Gasteiger partial charge in [-0.25, -0.2) is 8.42 Å². The average molecular weight is 521 g/mol. The molecule has 3 N–H and O–H groups in total. The second kappa shape index (κ2) is 10.8. The predicted molar refractivity (Wildman–Crippen MR) is 135 cm³/mol. The van der Waals surface area contributed by atoms with Crippen molar-refractivity contribution in [2.75, 3.05) is 38.6 Å². The molecule has 9 nitrogen and oxygen atoms in total. The maximum atomic E-state index is 13.0. The number of ether oxygens (including phenoxy) is 1. The molecule has 0 radical (unpaired) electrons. The lowest BCUT2D eigenvalue weighted by Crippen LogP contribution is -2.34. The van der Waals surface area contributed by atoms with Gasteiger partial charge in [-0.15, -0.1) is 11.3 Å². The smallest absolute Gasteiger partial charge is 0.256 e. The van der Waals surface area contributed by atoms with Crippen LogP contribution in [0, 0.1) is 0 Å². The zero-order chi connectivity index (χ0) is 25.2. The van der Waals surface area contributed by atoms with Gasteiger partial charge in [0.15, 0.2) is 0 Å². The molecule has 11 heteroatoms. The van der Waals surface area contributed by atoms with E-state index in [9.17, 15) is 18.0 Å². The second-order valence-corrected chi connectivity index (χ2v) is 12.1. The van der Waals surface area contributed by atoms with Crippen LogP contribution in [0.15, 0.2) is 29.2 Å². The number of nitrogens with two attached hydrogens (primary N) is 1. The van der Waals surface area contributed by atoms with Crippen molar-refractivity contribution in [2.45, 2.75) is 50.2 Å². The highest BCUT2D eigenvalue weighted by Gasteiger charge is 2.29. The zero-order valence-corrected chi connectivity index (χ0v) is 21.7. The number of rotatable bonds is 9. The van der Waals surface area contributed by atoms with Gasteiger partial charge in [0.05, 0.1) is 16.6 Å². The van der Waals surface area contributed by atoms with Crippen molar-refractivity contribution in [3.63, 3.8) is 0 Å². The van der Waals surface area contributed by atoms with Gasteiger partial charge < -0.3 is 15.8 Å². The first-order chi connectivity index (χ1) is 16.7. The molecule has 1 aromatic heterocycles. The van der Waals surface area contributed by atoms with Gasteiger partial charge in [-0.1, -0.05) is 6.92 Å². The van der Waals surface area contributed by atoms with Crippen molar-refractivity contribution in [1.29, 1.82) is 0 Å². The number of benzene rings is 1. The number of sulfonamides is 1. The Morgan fingerprint density at radius 2 is 2.03 bits per heavy atom. The van der Waals surface area contributed by atoms with E-state index in [1.807, 2.05) is 0 Å². The highest BCUT2D eigenvalue weighted by molar-refractivity contribution is 7.89. The third-order valence-electron chi connectivity index (χ3n) is 6.46. The van der Waals surface area contributed by atoms with E-state index in [-0.39, 0.29) is 11.0 Å². The number of thiophene rings is 1. The van der Waals surface area contributed by atoms with Crippen molar-refractivity contribution >= 4 is 38.2 Å². The van der Waals surface area contributed by atoms with Crippen LogP contribution in [0.4, 0.5) is 5.00 Å². The maximum absolute atomic E-state index is 13.0. The average Bonchev–Trinajstić information content (AvgIpc) is 3.46. The zero-order valence-electron chi connectivity index (χ0n) is 20.1. The van der Waals surface area contributed by atoms with Crippen LogP contribution in [0.1, 0.15) is 57.3 Å². The Labute approximate surface area is 210 Å². The highest BCUT2D eigenvalue weighted by atomic mass is 32.2. The number of fused-ring (bicyclic) bond motifs is 1. The molecule has 0 saturated carbocycles. The predicted octanol–water partition coefficient (Wildman–Crippen LogP) is 2.67. The van der Waals surface area contributed by atoms with Gasteiger partial charge in [0.1, 0.15) is 5.00 Å². The summed E-state index contributed by atoms with van der Waals surface area (Å²) in [6, 6.07) is 5.80. The number of carbonyl (C=O) groups is 2. The standard InChI is InChI=1S/C24H32N4O5S2/c1-3-11-28-12-10-19-20(15-28)34-24(21(19)22(25)29)26-23(30)16-6-8-18(9-7-16)35(31,32)27(2)14-17-5-4-13-33-17/h6-9,17H,3-5,10-15H2,1-2H3,(H2,25,29)(H,26,30). The summed E-state index contributed by atoms with van der Waals surface area (Å²) in [5, 5.41) is 3.27. The molecule has 0 bridgehead atoms. The molecule has 1 unspecified atom stereocenters. The Morgan fingerprint density at radius 3 is 2.66 bits per heavy atom. The van der Waals surface area contributed by atoms with Crippen molar-refractivity contribution < 1.29 is 22.7 Å². The van der Waals surface area contributed by atoms with Crippen LogP contribution < -0.4 is 11.1 Å². The van der Waals surface area contributed by atoms with Crippen LogP contribution in [0.2, 0.25) is 0 Å². The molecular weight excluding hydrogens is 488 g/mol. The fraction of sp³-hybridized carbons (Fsp3) is 0.500. The number of likely N-dealkylation sites (N-methyl/N-ethyl adjacent to an activating group) is 1. The van der Waals surface area contributed by atoms with Crippen LogP contribution in [0.25, 0.3) is 0 Å². The van der Waals surface area contributed by atoms with Gasteiger partial charge in [0.25, 0.3) is 11.8 Å². The topological polar surface area (TPSA) is 122 Å². The van der Waals surface area contributed by atoms with Crippen LogP contribution >= 0.6 is 11.3 Å². The summed E-state index contributed by atoms with van der Waals surface area (Å²) in [5.41, 5.74) is 7.26. The number of hydrogen-bond acceptors (Lipinski definition) is 7. The summed E-state index contributed by atoms with van der Waals surface area (Å²) in [4.78, 5) is 28.6. The van der Waals surface area contributed by atoms with E-state index in [1.165, 1.54) is 47.0 Å². The van der Waals surface area contributed by atoms with E-state index in [4.69, 9.17) is 10.5 Å². The molecule has 2 aliphatic rings. The minimum atomic E-state index is -3.70. The summed E-state index contributed by atoms with van der Waals surface area (Å²) >= 11 is 1.38. The first-order valence-electron chi connectivity index (χ1n) is 11.9. The third kappa shape index (κ3) is 5.59. The quantitative estimate of drug-likeness (QED) is 0.524. The molecule has 1 saturated heterocycles. The molecule has 35 heavy (non-hydrogen) atoms. The monoisotopic (exact) mass is 520 g/mol. The lowest BCUT2D eigenvalue weighted by Gasteiger charge is -2.26. The lowest BCUT2D eigenvalue weighted by molar-refractivity contribution is 0.0978. The van der Waals surface area contributed by atoms with E-state index >= 15 is 0 Å². The van der Waals surface area contributed by atoms with Crippen molar-refractivity contribution in [3.8, 4) is 0 Å². The summed E-state index contributed by atoms with van der Waals surface area (Å²) in [7, 11) is -2.17. The Bertz CT molecular complexity index is 1190. The molecule has 4 rings (SSSR count). The maximum Gasteiger partial charge on any atom is 0.256 e. The van der Waals surface area contributed by atoms with E-state index in [0.717, 1.165) is 49.3 Å². The van der Waals surface area contributed by atoms with Crippen molar-refractivity contribution in [2.24, 2.45) is 5.73 Å². The minimum Gasteiger partial charge on any atom is -0.377 e. The molecule has 190 valence electrons. The molecule has 2 aromatic rings. The number of amides is 2. The minimum absolute atomic E-state index is 0.0926. The van der Waals surface area contributed by atoms with E-state index in [2.05, 4.69) is 17.1 Å². The van der Waals surface area contributed by atoms with E-state index < -0.39 is 21.8 Å². The molecule has 0 spiro atoms. The largest absolute Gasteiger partial charge is 0.377 e. The van der Waals surface area contributed by atoms with Crippen LogP contribution in [0.3, 0.4) is 0 Å². The Kier molecular flexibility index (Phi) is 7.92. The number of hydrogen-bond donors (Lipinski definition) is 2. The first kappa shape index (κ1) is 25.8. The molecule has 1 fully saturated rings. The molecular formula is C24H32N4O5S2. The summed E-state index contributed by atoms with van der Waals surface area (Å²) < 4.78 is 32.7. The van der Waals surface area contributed by atoms with Crippen molar-refractivity contribution in [1.82, 2.24) is 9.21 Å². The Balaban J connectivity index is 1.48. The summed E-state index contributed by atoms with van der Waals surface area (Å²) in [6.07, 6.45) is 3.44. The van der Waals surface area contributed by atoms with Gasteiger partial charge in [-0.3, -0.25) is 14.5 Å².